The van der Waals surface area contributed by atoms with Crippen LogP contribution in [0.25, 0.3) is 0 Å². The van der Waals surface area contributed by atoms with Gasteiger partial charge in [0.25, 0.3) is 0 Å². The van der Waals surface area contributed by atoms with Crippen molar-refractivity contribution in [2.45, 2.75) is 44.6 Å². The Morgan fingerprint density at radius 2 is 1.96 bits per heavy atom. The second-order valence-electron chi connectivity index (χ2n) is 5.53. The summed E-state index contributed by atoms with van der Waals surface area (Å²) in [4.78, 5) is 12.0. The number of carbonyl (C=O) groups is 1. The normalized spacial score (nSPS) is 11.4. The first-order valence-electron chi connectivity index (χ1n) is 7.28. The Morgan fingerprint density at radius 3 is 2.48 bits per heavy atom. The summed E-state index contributed by atoms with van der Waals surface area (Å²) in [6.07, 6.45) is 0.914. The highest BCUT2D eigenvalue weighted by Gasteiger charge is 2.23. The predicted molar refractivity (Wildman–Crippen MR) is 95.4 cm³/mol. The van der Waals surface area contributed by atoms with Crippen molar-refractivity contribution in [3.05, 3.63) is 23.8 Å². The Labute approximate surface area is 144 Å². The zero-order chi connectivity index (χ0) is 16.9. The number of nitrogens with one attached hydrogen (secondary N) is 1. The van der Waals surface area contributed by atoms with E-state index >= 15 is 0 Å². The Bertz CT molecular complexity index is 633. The third-order valence-corrected chi connectivity index (χ3v) is 5.52. The fourth-order valence-electron chi connectivity index (χ4n) is 1.82. The van der Waals surface area contributed by atoms with E-state index in [1.54, 1.807) is 33.0 Å². The van der Waals surface area contributed by atoms with Crippen LogP contribution in [0.5, 0.6) is 0 Å². The molecule has 0 aliphatic heterocycles. The maximum atomic E-state index is 12.5. The summed E-state index contributed by atoms with van der Waals surface area (Å²) >= 11 is 0. The molecule has 0 aliphatic rings. The van der Waals surface area contributed by atoms with Crippen molar-refractivity contribution in [2.75, 3.05) is 18.9 Å². The molecular weight excluding hydrogens is 338 g/mol. The lowest BCUT2D eigenvalue weighted by atomic mass is 10.2. The molecule has 6 nitrogen and oxygen atoms in total. The highest BCUT2D eigenvalue weighted by atomic mass is 35.5. The van der Waals surface area contributed by atoms with Crippen LogP contribution in [-0.2, 0) is 14.8 Å². The van der Waals surface area contributed by atoms with Gasteiger partial charge in [0.15, 0.2) is 0 Å². The molecule has 3 N–H and O–H groups in total. The second kappa shape index (κ2) is 9.22. The van der Waals surface area contributed by atoms with Gasteiger partial charge in [-0.1, -0.05) is 6.07 Å². The number of aryl methyl sites for hydroxylation is 1. The minimum Gasteiger partial charge on any atom is -0.330 e. The van der Waals surface area contributed by atoms with Gasteiger partial charge in [-0.2, -0.15) is 4.31 Å². The quantitative estimate of drug-likeness (QED) is 0.776. The summed E-state index contributed by atoms with van der Waals surface area (Å²) < 4.78 is 26.3. The molecule has 132 valence electrons. The minimum absolute atomic E-state index is 0. The Balaban J connectivity index is 0.00000484. The molecular formula is C15H26ClN3O3S. The van der Waals surface area contributed by atoms with Gasteiger partial charge in [0.1, 0.15) is 0 Å². The summed E-state index contributed by atoms with van der Waals surface area (Å²) in [7, 11) is -2.03. The van der Waals surface area contributed by atoms with Gasteiger partial charge in [0.2, 0.25) is 15.9 Å². The van der Waals surface area contributed by atoms with Gasteiger partial charge in [0.05, 0.1) is 4.90 Å². The molecule has 8 heteroatoms. The first-order valence-corrected chi connectivity index (χ1v) is 8.72. The number of hydrogen-bond acceptors (Lipinski definition) is 4. The van der Waals surface area contributed by atoms with Gasteiger partial charge in [-0.05, 0) is 51.4 Å². The number of carbonyl (C=O) groups excluding carboxylic acids is 1. The van der Waals surface area contributed by atoms with Crippen LogP contribution >= 0.6 is 12.4 Å². The molecule has 0 unspecified atom stereocenters. The standard InChI is InChI=1S/C15H25N3O3S.ClH/c1-11(2)18(4)22(20,21)13-8-7-12(3)14(10-13)17-15(19)6-5-9-16;/h7-8,10-11H,5-6,9,16H2,1-4H3,(H,17,19);1H. The molecule has 0 aromatic heterocycles. The number of rotatable bonds is 7. The van der Waals surface area contributed by atoms with Gasteiger partial charge in [-0.3, -0.25) is 4.79 Å². The summed E-state index contributed by atoms with van der Waals surface area (Å²) in [5, 5.41) is 2.75. The molecule has 0 atom stereocenters. The van der Waals surface area contributed by atoms with Crippen LogP contribution in [-0.4, -0.2) is 38.3 Å². The lowest BCUT2D eigenvalue weighted by Crippen LogP contribution is -2.33. The van der Waals surface area contributed by atoms with Crippen molar-refractivity contribution in [3.8, 4) is 0 Å². The number of anilines is 1. The monoisotopic (exact) mass is 363 g/mol. The van der Waals surface area contributed by atoms with Crippen LogP contribution in [0.2, 0.25) is 0 Å². The van der Waals surface area contributed by atoms with Gasteiger partial charge in [-0.25, -0.2) is 8.42 Å². The van der Waals surface area contributed by atoms with E-state index in [1.807, 2.05) is 6.92 Å². The largest absolute Gasteiger partial charge is 0.330 e. The van der Waals surface area contributed by atoms with E-state index in [4.69, 9.17) is 5.73 Å². The highest BCUT2D eigenvalue weighted by Crippen LogP contribution is 2.23. The van der Waals surface area contributed by atoms with Crippen LogP contribution in [0.15, 0.2) is 23.1 Å². The molecule has 0 saturated carbocycles. The predicted octanol–water partition coefficient (Wildman–Crippen LogP) is 2.12. The highest BCUT2D eigenvalue weighted by molar-refractivity contribution is 7.89. The molecule has 23 heavy (non-hydrogen) atoms. The van der Waals surface area contributed by atoms with Gasteiger partial charge < -0.3 is 11.1 Å². The fourth-order valence-corrected chi connectivity index (χ4v) is 3.21. The fraction of sp³-hybridized carbons (Fsp3) is 0.533. The summed E-state index contributed by atoms with van der Waals surface area (Å²) in [6.45, 7) is 5.88. The maximum absolute atomic E-state index is 12.5. The van der Waals surface area contributed by atoms with E-state index in [1.165, 1.54) is 10.4 Å². The third kappa shape index (κ3) is 5.76. The molecule has 1 aromatic carbocycles. The van der Waals surface area contributed by atoms with Crippen molar-refractivity contribution in [1.82, 2.24) is 4.31 Å². The zero-order valence-electron chi connectivity index (χ0n) is 14.0. The summed E-state index contributed by atoms with van der Waals surface area (Å²) in [6, 6.07) is 4.61. The number of halogens is 1. The summed E-state index contributed by atoms with van der Waals surface area (Å²) in [5.74, 6) is -0.166. The van der Waals surface area contributed by atoms with Gasteiger partial charge in [0, 0.05) is 25.2 Å². The molecule has 0 saturated heterocycles. The number of benzene rings is 1. The first kappa shape index (κ1) is 21.9. The van der Waals surface area contributed by atoms with Crippen molar-refractivity contribution in [1.29, 1.82) is 0 Å². The lowest BCUT2D eigenvalue weighted by Gasteiger charge is -2.21. The van der Waals surface area contributed by atoms with Gasteiger partial charge in [-0.15, -0.1) is 12.4 Å². The average Bonchev–Trinajstić information content (AvgIpc) is 2.46. The smallest absolute Gasteiger partial charge is 0.243 e. The van der Waals surface area contributed by atoms with E-state index < -0.39 is 10.0 Å². The molecule has 1 rings (SSSR count). The molecule has 0 fully saturated rings. The van der Waals surface area contributed by atoms with Crippen LogP contribution in [0.1, 0.15) is 32.3 Å². The van der Waals surface area contributed by atoms with Crippen LogP contribution in [0.3, 0.4) is 0 Å². The summed E-state index contributed by atoms with van der Waals surface area (Å²) in [5.41, 5.74) is 6.70. The molecule has 1 aromatic rings. The SMILES string of the molecule is Cc1ccc(S(=O)(=O)N(C)C(C)C)cc1NC(=O)CCCN.Cl. The number of hydrogen-bond donors (Lipinski definition) is 2. The number of sulfonamides is 1. The molecule has 0 radical (unpaired) electrons. The average molecular weight is 364 g/mol. The van der Waals surface area contributed by atoms with Crippen molar-refractivity contribution in [2.24, 2.45) is 5.73 Å². The van der Waals surface area contributed by atoms with Crippen molar-refractivity contribution < 1.29 is 13.2 Å². The van der Waals surface area contributed by atoms with Crippen molar-refractivity contribution in [3.63, 3.8) is 0 Å². The zero-order valence-corrected chi connectivity index (χ0v) is 15.6. The molecule has 0 bridgehead atoms. The van der Waals surface area contributed by atoms with Gasteiger partial charge >= 0.3 is 0 Å². The topological polar surface area (TPSA) is 92.5 Å². The Hall–Kier alpha value is -1.15. The molecule has 0 aliphatic carbocycles. The number of nitrogens with zero attached hydrogens (tertiary/aromatic N) is 1. The van der Waals surface area contributed by atoms with Crippen LogP contribution < -0.4 is 11.1 Å². The number of nitrogens with two attached hydrogens (primary N) is 1. The first-order chi connectivity index (χ1) is 10.2. The maximum Gasteiger partial charge on any atom is 0.243 e. The van der Waals surface area contributed by atoms with Crippen LogP contribution in [0.4, 0.5) is 5.69 Å². The minimum atomic E-state index is -3.57. The van der Waals surface area contributed by atoms with E-state index in [0.717, 1.165) is 5.56 Å². The Kier molecular flexibility index (Phi) is 8.76. The van der Waals surface area contributed by atoms with E-state index in [0.29, 0.717) is 25.1 Å². The molecule has 1 amide bonds. The Morgan fingerprint density at radius 1 is 1.35 bits per heavy atom. The van der Waals surface area contributed by atoms with E-state index in [-0.39, 0.29) is 29.3 Å². The lowest BCUT2D eigenvalue weighted by molar-refractivity contribution is -0.116. The van der Waals surface area contributed by atoms with E-state index in [2.05, 4.69) is 5.32 Å². The molecule has 0 heterocycles. The van der Waals surface area contributed by atoms with Crippen molar-refractivity contribution >= 4 is 34.0 Å². The molecule has 0 spiro atoms. The number of amides is 1. The third-order valence-electron chi connectivity index (χ3n) is 3.50. The van der Waals surface area contributed by atoms with E-state index in [9.17, 15) is 13.2 Å². The second-order valence-corrected chi connectivity index (χ2v) is 7.53. The van der Waals surface area contributed by atoms with Crippen LogP contribution in [0, 0.1) is 6.92 Å².